The summed E-state index contributed by atoms with van der Waals surface area (Å²) in [6.45, 7) is 7.46. The lowest BCUT2D eigenvalue weighted by Gasteiger charge is -2.27. The number of rotatable bonds is 4. The van der Waals surface area contributed by atoms with Crippen molar-refractivity contribution in [3.8, 4) is 0 Å². The lowest BCUT2D eigenvalue weighted by molar-refractivity contribution is 0.320. The topological polar surface area (TPSA) is 48.1 Å². The molecular weight excluding hydrogens is 274 g/mol. The minimum atomic E-state index is 0.0318. The van der Waals surface area contributed by atoms with Gasteiger partial charge < -0.3 is 15.2 Å². The van der Waals surface area contributed by atoms with E-state index in [-0.39, 0.29) is 5.56 Å². The largest absolute Gasteiger partial charge is 0.377 e. The van der Waals surface area contributed by atoms with Crippen LogP contribution in [0.3, 0.4) is 0 Å². The Morgan fingerprint density at radius 3 is 2.82 bits per heavy atom. The number of allylic oxidation sites excluding steroid dienone is 2. The molecule has 2 aliphatic rings. The van der Waals surface area contributed by atoms with Gasteiger partial charge in [-0.25, -0.2) is 0 Å². The summed E-state index contributed by atoms with van der Waals surface area (Å²) in [6, 6.07) is 2.37. The summed E-state index contributed by atoms with van der Waals surface area (Å²) in [5.41, 5.74) is 4.01. The molecule has 4 nitrogen and oxygen atoms in total. The standard InChI is InChI=1S/C18H25N3O/c1-3-14-11-16(13(2)19-18(14)22)17-8-6-7-15(20-17)12-21-9-4-5-10-21/h6-8,11,15,20H,3-5,9-10,12H2,1-2H3,(H,19,22). The van der Waals surface area contributed by atoms with Crippen LogP contribution < -0.4 is 10.9 Å². The van der Waals surface area contributed by atoms with Gasteiger partial charge in [0.1, 0.15) is 0 Å². The Bertz CT molecular complexity index is 651. The SMILES string of the molecule is CCc1cc(C2=CC=CC(CN3CCCC3)N2)c(C)[nH]c1=O. The number of dihydropyridines is 1. The van der Waals surface area contributed by atoms with Gasteiger partial charge >= 0.3 is 0 Å². The molecule has 0 amide bonds. The molecule has 3 rings (SSSR count). The molecule has 0 aromatic carbocycles. The Kier molecular flexibility index (Phi) is 4.48. The summed E-state index contributed by atoms with van der Waals surface area (Å²) in [6.07, 6.45) is 9.84. The molecule has 0 bridgehead atoms. The van der Waals surface area contributed by atoms with Gasteiger partial charge in [-0.05, 0) is 51.4 Å². The number of nitrogens with zero attached hydrogens (tertiary/aromatic N) is 1. The number of likely N-dealkylation sites (tertiary alicyclic amines) is 1. The van der Waals surface area contributed by atoms with Gasteiger partial charge in [-0.1, -0.05) is 19.1 Å². The van der Waals surface area contributed by atoms with E-state index in [1.165, 1.54) is 25.9 Å². The first kappa shape index (κ1) is 15.1. The molecular formula is C18H25N3O. The molecule has 1 saturated heterocycles. The monoisotopic (exact) mass is 299 g/mol. The normalized spacial score (nSPS) is 21.7. The molecule has 118 valence electrons. The molecule has 2 N–H and O–H groups in total. The van der Waals surface area contributed by atoms with Crippen LogP contribution in [0.4, 0.5) is 0 Å². The highest BCUT2D eigenvalue weighted by molar-refractivity contribution is 5.69. The zero-order valence-corrected chi connectivity index (χ0v) is 13.5. The number of H-pyrrole nitrogens is 1. The van der Waals surface area contributed by atoms with Crippen molar-refractivity contribution in [2.45, 2.75) is 39.2 Å². The fourth-order valence-corrected chi connectivity index (χ4v) is 3.31. The summed E-state index contributed by atoms with van der Waals surface area (Å²) in [5, 5.41) is 3.62. The van der Waals surface area contributed by atoms with Crippen molar-refractivity contribution < 1.29 is 0 Å². The second kappa shape index (κ2) is 6.53. The van der Waals surface area contributed by atoms with Crippen LogP contribution in [0.15, 0.2) is 29.1 Å². The van der Waals surface area contributed by atoms with Crippen molar-refractivity contribution >= 4 is 5.70 Å². The Hall–Kier alpha value is -1.81. The van der Waals surface area contributed by atoms with Gasteiger partial charge in [-0.3, -0.25) is 4.79 Å². The number of aromatic amines is 1. The molecule has 1 atom stereocenters. The lowest BCUT2D eigenvalue weighted by atomic mass is 10.0. The van der Waals surface area contributed by atoms with E-state index in [4.69, 9.17) is 0 Å². The molecule has 0 aliphatic carbocycles. The maximum Gasteiger partial charge on any atom is 0.251 e. The maximum atomic E-state index is 11.9. The van der Waals surface area contributed by atoms with Gasteiger partial charge in [0, 0.05) is 29.1 Å². The third-order valence-corrected chi connectivity index (χ3v) is 4.59. The molecule has 1 unspecified atom stereocenters. The summed E-state index contributed by atoms with van der Waals surface area (Å²) in [5.74, 6) is 0. The number of nitrogens with one attached hydrogen (secondary N) is 2. The minimum absolute atomic E-state index is 0.0318. The highest BCUT2D eigenvalue weighted by atomic mass is 16.1. The number of hydrogen-bond acceptors (Lipinski definition) is 3. The first-order chi connectivity index (χ1) is 10.7. The Labute approximate surface area is 131 Å². The third kappa shape index (κ3) is 3.17. The van der Waals surface area contributed by atoms with Gasteiger partial charge in [-0.2, -0.15) is 0 Å². The summed E-state index contributed by atoms with van der Waals surface area (Å²) in [4.78, 5) is 17.4. The molecule has 2 aliphatic heterocycles. The zero-order chi connectivity index (χ0) is 15.5. The minimum Gasteiger partial charge on any atom is -0.377 e. The fraction of sp³-hybridized carbons (Fsp3) is 0.500. The van der Waals surface area contributed by atoms with Crippen LogP contribution >= 0.6 is 0 Å². The molecule has 1 aromatic rings. The van der Waals surface area contributed by atoms with Crippen molar-refractivity contribution in [2.75, 3.05) is 19.6 Å². The van der Waals surface area contributed by atoms with Crippen LogP contribution in [0, 0.1) is 6.92 Å². The van der Waals surface area contributed by atoms with Crippen molar-refractivity contribution in [2.24, 2.45) is 0 Å². The number of pyridine rings is 1. The molecule has 1 aromatic heterocycles. The number of hydrogen-bond donors (Lipinski definition) is 2. The van der Waals surface area contributed by atoms with E-state index in [0.717, 1.165) is 35.5 Å². The summed E-state index contributed by atoms with van der Waals surface area (Å²) in [7, 11) is 0. The third-order valence-electron chi connectivity index (χ3n) is 4.59. The predicted molar refractivity (Wildman–Crippen MR) is 90.9 cm³/mol. The Morgan fingerprint density at radius 2 is 2.09 bits per heavy atom. The van der Waals surface area contributed by atoms with E-state index < -0.39 is 0 Å². The highest BCUT2D eigenvalue weighted by Crippen LogP contribution is 2.20. The van der Waals surface area contributed by atoms with E-state index in [1.54, 1.807) is 0 Å². The average Bonchev–Trinajstić information content (AvgIpc) is 3.00. The van der Waals surface area contributed by atoms with E-state index in [9.17, 15) is 4.79 Å². The molecule has 0 spiro atoms. The number of aryl methyl sites for hydroxylation is 2. The summed E-state index contributed by atoms with van der Waals surface area (Å²) >= 11 is 0. The molecule has 0 saturated carbocycles. The molecule has 1 fully saturated rings. The number of aromatic nitrogens is 1. The quantitative estimate of drug-likeness (QED) is 0.896. The van der Waals surface area contributed by atoms with Crippen molar-refractivity contribution in [3.05, 3.63) is 51.5 Å². The van der Waals surface area contributed by atoms with Gasteiger partial charge in [0.2, 0.25) is 0 Å². The Morgan fingerprint density at radius 1 is 1.32 bits per heavy atom. The molecule has 3 heterocycles. The van der Waals surface area contributed by atoms with Gasteiger partial charge in [0.25, 0.3) is 5.56 Å². The highest BCUT2D eigenvalue weighted by Gasteiger charge is 2.19. The fourth-order valence-electron chi connectivity index (χ4n) is 3.31. The van der Waals surface area contributed by atoms with Gasteiger partial charge in [0.05, 0.1) is 6.04 Å². The van der Waals surface area contributed by atoms with Crippen molar-refractivity contribution in [3.63, 3.8) is 0 Å². The zero-order valence-electron chi connectivity index (χ0n) is 13.5. The van der Waals surface area contributed by atoms with E-state index in [2.05, 4.69) is 33.4 Å². The van der Waals surface area contributed by atoms with Gasteiger partial charge in [-0.15, -0.1) is 0 Å². The van der Waals surface area contributed by atoms with Crippen LogP contribution in [0.1, 0.15) is 36.6 Å². The van der Waals surface area contributed by atoms with E-state index in [0.29, 0.717) is 6.04 Å². The Balaban J connectivity index is 1.78. The first-order valence-corrected chi connectivity index (χ1v) is 8.28. The first-order valence-electron chi connectivity index (χ1n) is 8.28. The van der Waals surface area contributed by atoms with Crippen LogP contribution in [0.5, 0.6) is 0 Å². The van der Waals surface area contributed by atoms with Gasteiger partial charge in [0.15, 0.2) is 0 Å². The van der Waals surface area contributed by atoms with Crippen molar-refractivity contribution in [1.82, 2.24) is 15.2 Å². The predicted octanol–water partition coefficient (Wildman–Crippen LogP) is 2.21. The molecule has 4 heteroatoms. The lowest BCUT2D eigenvalue weighted by Crippen LogP contribution is -2.39. The second-order valence-corrected chi connectivity index (χ2v) is 6.24. The van der Waals surface area contributed by atoms with Crippen LogP contribution in [0.2, 0.25) is 0 Å². The maximum absolute atomic E-state index is 11.9. The smallest absolute Gasteiger partial charge is 0.251 e. The van der Waals surface area contributed by atoms with E-state index in [1.807, 2.05) is 19.9 Å². The molecule has 22 heavy (non-hydrogen) atoms. The second-order valence-electron chi connectivity index (χ2n) is 6.24. The van der Waals surface area contributed by atoms with E-state index >= 15 is 0 Å². The average molecular weight is 299 g/mol. The van der Waals surface area contributed by atoms with Crippen molar-refractivity contribution in [1.29, 1.82) is 0 Å². The van der Waals surface area contributed by atoms with Crippen LogP contribution in [-0.4, -0.2) is 35.6 Å². The molecule has 0 radical (unpaired) electrons. The van der Waals surface area contributed by atoms with Crippen LogP contribution in [-0.2, 0) is 6.42 Å². The summed E-state index contributed by atoms with van der Waals surface area (Å²) < 4.78 is 0. The van der Waals surface area contributed by atoms with Crippen LogP contribution in [0.25, 0.3) is 5.70 Å².